The van der Waals surface area contributed by atoms with Crippen LogP contribution >= 0.6 is 11.6 Å². The first-order chi connectivity index (χ1) is 10.3. The molecule has 0 aliphatic heterocycles. The van der Waals surface area contributed by atoms with Crippen molar-refractivity contribution in [3.8, 4) is 0 Å². The number of aromatic nitrogens is 1. The Balaban J connectivity index is 1.75. The van der Waals surface area contributed by atoms with E-state index in [-0.39, 0.29) is 0 Å². The molecule has 2 aromatic rings. The van der Waals surface area contributed by atoms with Crippen LogP contribution in [-0.4, -0.2) is 11.0 Å². The fourth-order valence-corrected chi connectivity index (χ4v) is 4.08. The van der Waals surface area contributed by atoms with Crippen LogP contribution in [0.4, 0.5) is 0 Å². The molecule has 0 amide bonds. The van der Waals surface area contributed by atoms with Gasteiger partial charge < -0.3 is 5.32 Å². The van der Waals surface area contributed by atoms with Crippen LogP contribution in [0.1, 0.15) is 48.9 Å². The highest BCUT2D eigenvalue weighted by molar-refractivity contribution is 6.31. The van der Waals surface area contributed by atoms with E-state index in [1.165, 1.54) is 60.7 Å². The molecule has 0 bridgehead atoms. The average molecular weight is 301 g/mol. The summed E-state index contributed by atoms with van der Waals surface area (Å²) in [5, 5.41) is 5.82. The number of halogens is 1. The lowest BCUT2D eigenvalue weighted by Crippen LogP contribution is -2.26. The van der Waals surface area contributed by atoms with Crippen molar-refractivity contribution in [3.05, 3.63) is 40.0 Å². The number of hydrogen-bond acceptors (Lipinski definition) is 2. The molecule has 3 heteroatoms. The highest BCUT2D eigenvalue weighted by atomic mass is 35.5. The van der Waals surface area contributed by atoms with Crippen molar-refractivity contribution in [2.45, 2.75) is 57.5 Å². The third kappa shape index (κ3) is 2.56. The standard InChI is InChI=1S/C18H21ClN2/c19-12-8-9-18-15(10-12)16(11-20-13-4-1-2-5-13)14-6-3-7-17(14)21-18/h8-10,13,20H,1-7,11H2. The van der Waals surface area contributed by atoms with Gasteiger partial charge in [-0.3, -0.25) is 4.98 Å². The number of hydrogen-bond donors (Lipinski definition) is 1. The number of aryl methyl sites for hydroxylation is 1. The van der Waals surface area contributed by atoms with Gasteiger partial charge in [-0.25, -0.2) is 0 Å². The first-order valence-corrected chi connectivity index (χ1v) is 8.52. The minimum atomic E-state index is 0.699. The molecule has 4 rings (SSSR count). The minimum Gasteiger partial charge on any atom is -0.310 e. The predicted octanol–water partition coefficient (Wildman–Crippen LogP) is 4.41. The summed E-state index contributed by atoms with van der Waals surface area (Å²) in [5.74, 6) is 0. The normalized spacial score (nSPS) is 18.5. The Bertz CT molecular complexity index is 674. The Morgan fingerprint density at radius 2 is 2.00 bits per heavy atom. The second-order valence-electron chi connectivity index (χ2n) is 6.39. The van der Waals surface area contributed by atoms with Gasteiger partial charge in [0.25, 0.3) is 0 Å². The van der Waals surface area contributed by atoms with Gasteiger partial charge >= 0.3 is 0 Å². The fraction of sp³-hybridized carbons (Fsp3) is 0.500. The zero-order valence-corrected chi connectivity index (χ0v) is 13.0. The first kappa shape index (κ1) is 13.5. The molecule has 1 N–H and O–H groups in total. The number of rotatable bonds is 3. The van der Waals surface area contributed by atoms with Gasteiger partial charge in [0.15, 0.2) is 0 Å². The van der Waals surface area contributed by atoms with Crippen LogP contribution in [0, 0.1) is 0 Å². The maximum absolute atomic E-state index is 6.22. The van der Waals surface area contributed by atoms with Crippen molar-refractivity contribution in [1.29, 1.82) is 0 Å². The largest absolute Gasteiger partial charge is 0.310 e. The summed E-state index contributed by atoms with van der Waals surface area (Å²) in [4.78, 5) is 4.85. The van der Waals surface area contributed by atoms with Crippen molar-refractivity contribution in [2.75, 3.05) is 0 Å². The van der Waals surface area contributed by atoms with Gasteiger partial charge in [-0.15, -0.1) is 0 Å². The molecule has 2 nitrogen and oxygen atoms in total. The van der Waals surface area contributed by atoms with E-state index in [9.17, 15) is 0 Å². The van der Waals surface area contributed by atoms with Gasteiger partial charge in [0.1, 0.15) is 0 Å². The quantitative estimate of drug-likeness (QED) is 0.908. The first-order valence-electron chi connectivity index (χ1n) is 8.14. The Morgan fingerprint density at radius 3 is 2.86 bits per heavy atom. The van der Waals surface area contributed by atoms with Crippen molar-refractivity contribution in [1.82, 2.24) is 10.3 Å². The molecule has 2 aliphatic rings. The van der Waals surface area contributed by atoms with Crippen LogP contribution in [0.25, 0.3) is 10.9 Å². The molecular formula is C18H21ClN2. The molecule has 2 aliphatic carbocycles. The highest BCUT2D eigenvalue weighted by Crippen LogP contribution is 2.31. The molecule has 1 aromatic carbocycles. The molecule has 1 aromatic heterocycles. The predicted molar refractivity (Wildman–Crippen MR) is 87.9 cm³/mol. The van der Waals surface area contributed by atoms with Gasteiger partial charge in [0, 0.05) is 28.7 Å². The average Bonchev–Trinajstić information content (AvgIpc) is 3.14. The number of nitrogens with zero attached hydrogens (tertiary/aromatic N) is 1. The molecule has 0 spiro atoms. The molecular weight excluding hydrogens is 280 g/mol. The van der Waals surface area contributed by atoms with Crippen LogP contribution in [0.5, 0.6) is 0 Å². The number of fused-ring (bicyclic) bond motifs is 2. The van der Waals surface area contributed by atoms with Crippen molar-refractivity contribution < 1.29 is 0 Å². The maximum Gasteiger partial charge on any atom is 0.0709 e. The summed E-state index contributed by atoms with van der Waals surface area (Å²) in [6.07, 6.45) is 8.94. The lowest BCUT2D eigenvalue weighted by molar-refractivity contribution is 0.524. The Labute approximate surface area is 130 Å². The second kappa shape index (κ2) is 5.58. The lowest BCUT2D eigenvalue weighted by Gasteiger charge is -2.16. The van der Waals surface area contributed by atoms with Gasteiger partial charge in [0.05, 0.1) is 5.52 Å². The summed E-state index contributed by atoms with van der Waals surface area (Å²) < 4.78 is 0. The van der Waals surface area contributed by atoms with Gasteiger partial charge in [-0.2, -0.15) is 0 Å². The van der Waals surface area contributed by atoms with Crippen LogP contribution in [-0.2, 0) is 19.4 Å². The van der Waals surface area contributed by atoms with Crippen molar-refractivity contribution in [2.24, 2.45) is 0 Å². The Hall–Kier alpha value is -1.12. The van der Waals surface area contributed by atoms with E-state index >= 15 is 0 Å². The van der Waals surface area contributed by atoms with Crippen LogP contribution in [0.15, 0.2) is 18.2 Å². The number of benzene rings is 1. The van der Waals surface area contributed by atoms with E-state index in [4.69, 9.17) is 16.6 Å². The van der Waals surface area contributed by atoms with E-state index in [2.05, 4.69) is 17.4 Å². The second-order valence-corrected chi connectivity index (χ2v) is 6.83. The topological polar surface area (TPSA) is 24.9 Å². The fourth-order valence-electron chi connectivity index (χ4n) is 3.91. The van der Waals surface area contributed by atoms with Gasteiger partial charge in [-0.1, -0.05) is 24.4 Å². The molecule has 0 unspecified atom stereocenters. The van der Waals surface area contributed by atoms with Crippen molar-refractivity contribution in [3.63, 3.8) is 0 Å². The molecule has 0 saturated heterocycles. The van der Waals surface area contributed by atoms with E-state index in [0.29, 0.717) is 6.04 Å². The summed E-state index contributed by atoms with van der Waals surface area (Å²) in [6, 6.07) is 6.81. The molecule has 0 atom stereocenters. The molecule has 110 valence electrons. The molecule has 1 fully saturated rings. The van der Waals surface area contributed by atoms with Crippen LogP contribution in [0.3, 0.4) is 0 Å². The Kier molecular flexibility index (Phi) is 3.60. The third-order valence-electron chi connectivity index (χ3n) is 5.01. The molecule has 0 radical (unpaired) electrons. The van der Waals surface area contributed by atoms with E-state index < -0.39 is 0 Å². The van der Waals surface area contributed by atoms with Crippen LogP contribution < -0.4 is 5.32 Å². The van der Waals surface area contributed by atoms with Crippen molar-refractivity contribution >= 4 is 22.5 Å². The Morgan fingerprint density at radius 1 is 1.14 bits per heavy atom. The maximum atomic E-state index is 6.22. The molecule has 21 heavy (non-hydrogen) atoms. The van der Waals surface area contributed by atoms with Gasteiger partial charge in [-0.05, 0) is 61.4 Å². The smallest absolute Gasteiger partial charge is 0.0709 e. The van der Waals surface area contributed by atoms with E-state index in [1.807, 2.05) is 6.07 Å². The summed E-state index contributed by atoms with van der Waals surface area (Å²) in [5.41, 5.74) is 5.34. The molecule has 1 heterocycles. The van der Waals surface area contributed by atoms with E-state index in [1.54, 1.807) is 0 Å². The monoisotopic (exact) mass is 300 g/mol. The molecule has 1 saturated carbocycles. The third-order valence-corrected chi connectivity index (χ3v) is 5.25. The van der Waals surface area contributed by atoms with E-state index in [0.717, 1.165) is 23.5 Å². The zero-order valence-electron chi connectivity index (χ0n) is 12.3. The number of pyridine rings is 1. The summed E-state index contributed by atoms with van der Waals surface area (Å²) >= 11 is 6.22. The lowest BCUT2D eigenvalue weighted by atomic mass is 10.0. The van der Waals surface area contributed by atoms with Crippen LogP contribution in [0.2, 0.25) is 5.02 Å². The highest BCUT2D eigenvalue weighted by Gasteiger charge is 2.21. The number of nitrogens with one attached hydrogen (secondary N) is 1. The zero-order chi connectivity index (χ0) is 14.2. The SMILES string of the molecule is Clc1ccc2nc3c(c(CNC4CCCC4)c2c1)CCC3. The van der Waals surface area contributed by atoms with Gasteiger partial charge in [0.2, 0.25) is 0 Å². The summed E-state index contributed by atoms with van der Waals surface area (Å²) in [7, 11) is 0. The minimum absolute atomic E-state index is 0.699. The summed E-state index contributed by atoms with van der Waals surface area (Å²) in [6.45, 7) is 0.965.